The molecule has 0 radical (unpaired) electrons. The third-order valence-electron chi connectivity index (χ3n) is 2.47. The number of hydrogen-bond donors (Lipinski definition) is 0. The van der Waals surface area contributed by atoms with E-state index >= 15 is 0 Å². The number of rotatable bonds is 5. The molecule has 1 aromatic carbocycles. The van der Waals surface area contributed by atoms with E-state index in [1.807, 2.05) is 31.3 Å². The molecule has 0 unspecified atom stereocenters. The standard InChI is InChI=1S/C14H21NO2/c1-11(2)9-15(3)14(16)13-7-5-6-12(8-13)10-17-4/h5-8,11H,9-10H2,1-4H3. The molecule has 3 nitrogen and oxygen atoms in total. The minimum absolute atomic E-state index is 0.0663. The molecule has 1 aromatic rings. The average molecular weight is 235 g/mol. The predicted molar refractivity (Wildman–Crippen MR) is 69.0 cm³/mol. The van der Waals surface area contributed by atoms with Gasteiger partial charge in [-0.1, -0.05) is 26.0 Å². The molecule has 0 heterocycles. The second-order valence-corrected chi connectivity index (χ2v) is 4.71. The molecular weight excluding hydrogens is 214 g/mol. The van der Waals surface area contributed by atoms with Gasteiger partial charge in [0.05, 0.1) is 6.61 Å². The van der Waals surface area contributed by atoms with Crippen molar-refractivity contribution in [2.75, 3.05) is 20.7 Å². The Morgan fingerprint density at radius 3 is 2.71 bits per heavy atom. The van der Waals surface area contributed by atoms with Crippen molar-refractivity contribution in [2.24, 2.45) is 5.92 Å². The zero-order valence-electron chi connectivity index (χ0n) is 11.1. The second-order valence-electron chi connectivity index (χ2n) is 4.71. The van der Waals surface area contributed by atoms with E-state index in [0.717, 1.165) is 17.7 Å². The Labute approximate surface area is 103 Å². The maximum Gasteiger partial charge on any atom is 0.253 e. The molecule has 0 saturated heterocycles. The SMILES string of the molecule is COCc1cccc(C(=O)N(C)CC(C)C)c1. The first kappa shape index (κ1) is 13.7. The van der Waals surface area contributed by atoms with Gasteiger partial charge in [0.2, 0.25) is 0 Å². The lowest BCUT2D eigenvalue weighted by molar-refractivity contribution is 0.0779. The van der Waals surface area contributed by atoms with Gasteiger partial charge >= 0.3 is 0 Å². The summed E-state index contributed by atoms with van der Waals surface area (Å²) in [4.78, 5) is 13.9. The highest BCUT2D eigenvalue weighted by Crippen LogP contribution is 2.09. The lowest BCUT2D eigenvalue weighted by atomic mass is 10.1. The maximum absolute atomic E-state index is 12.1. The minimum Gasteiger partial charge on any atom is -0.380 e. The molecule has 1 amide bonds. The Balaban J connectivity index is 2.77. The largest absolute Gasteiger partial charge is 0.380 e. The van der Waals surface area contributed by atoms with Crippen LogP contribution in [0.15, 0.2) is 24.3 Å². The van der Waals surface area contributed by atoms with E-state index in [-0.39, 0.29) is 5.91 Å². The smallest absolute Gasteiger partial charge is 0.253 e. The number of ether oxygens (including phenoxy) is 1. The topological polar surface area (TPSA) is 29.5 Å². The normalized spacial score (nSPS) is 10.6. The first-order chi connectivity index (χ1) is 8.04. The molecule has 0 bridgehead atoms. The molecule has 0 aliphatic heterocycles. The van der Waals surface area contributed by atoms with Crippen LogP contribution in [0.3, 0.4) is 0 Å². The van der Waals surface area contributed by atoms with Crippen molar-refractivity contribution in [3.63, 3.8) is 0 Å². The van der Waals surface area contributed by atoms with Crippen molar-refractivity contribution < 1.29 is 9.53 Å². The van der Waals surface area contributed by atoms with E-state index in [9.17, 15) is 4.79 Å². The fraction of sp³-hybridized carbons (Fsp3) is 0.500. The summed E-state index contributed by atoms with van der Waals surface area (Å²) in [6, 6.07) is 7.59. The monoisotopic (exact) mass is 235 g/mol. The summed E-state index contributed by atoms with van der Waals surface area (Å²) in [7, 11) is 3.49. The van der Waals surface area contributed by atoms with E-state index in [2.05, 4.69) is 13.8 Å². The second kappa shape index (κ2) is 6.40. The van der Waals surface area contributed by atoms with Crippen LogP contribution in [0.2, 0.25) is 0 Å². The zero-order valence-corrected chi connectivity index (χ0v) is 11.1. The number of nitrogens with zero attached hydrogens (tertiary/aromatic N) is 1. The molecule has 0 aromatic heterocycles. The van der Waals surface area contributed by atoms with Gasteiger partial charge < -0.3 is 9.64 Å². The third-order valence-corrected chi connectivity index (χ3v) is 2.47. The molecule has 0 fully saturated rings. The van der Waals surface area contributed by atoms with Crippen LogP contribution in [0, 0.1) is 5.92 Å². The van der Waals surface area contributed by atoms with Gasteiger partial charge in [0.15, 0.2) is 0 Å². The van der Waals surface area contributed by atoms with Crippen LogP contribution in [-0.2, 0) is 11.3 Å². The molecule has 0 aliphatic rings. The third kappa shape index (κ3) is 4.19. The summed E-state index contributed by atoms with van der Waals surface area (Å²) >= 11 is 0. The average Bonchev–Trinajstić information content (AvgIpc) is 2.28. The Morgan fingerprint density at radius 2 is 2.12 bits per heavy atom. The fourth-order valence-electron chi connectivity index (χ4n) is 1.81. The first-order valence-corrected chi connectivity index (χ1v) is 5.88. The van der Waals surface area contributed by atoms with Gasteiger partial charge in [-0.15, -0.1) is 0 Å². The number of amides is 1. The van der Waals surface area contributed by atoms with Gasteiger partial charge in [-0.3, -0.25) is 4.79 Å². The molecular formula is C14H21NO2. The predicted octanol–water partition coefficient (Wildman–Crippen LogP) is 2.56. The molecule has 0 spiro atoms. The van der Waals surface area contributed by atoms with Crippen LogP contribution in [0.5, 0.6) is 0 Å². The molecule has 0 saturated carbocycles. The Bertz CT molecular complexity index is 374. The highest BCUT2D eigenvalue weighted by Gasteiger charge is 2.12. The summed E-state index contributed by atoms with van der Waals surface area (Å²) < 4.78 is 5.06. The first-order valence-electron chi connectivity index (χ1n) is 5.88. The minimum atomic E-state index is 0.0663. The van der Waals surface area contributed by atoms with Crippen LogP contribution < -0.4 is 0 Å². The van der Waals surface area contributed by atoms with Crippen LogP contribution in [-0.4, -0.2) is 31.5 Å². The number of methoxy groups -OCH3 is 1. The van der Waals surface area contributed by atoms with Crippen LogP contribution >= 0.6 is 0 Å². The lowest BCUT2D eigenvalue weighted by Gasteiger charge is -2.19. The van der Waals surface area contributed by atoms with E-state index in [0.29, 0.717) is 12.5 Å². The van der Waals surface area contributed by atoms with Gasteiger partial charge in [0.25, 0.3) is 5.91 Å². The van der Waals surface area contributed by atoms with Gasteiger partial charge in [-0.05, 0) is 23.6 Å². The maximum atomic E-state index is 12.1. The number of carbonyl (C=O) groups excluding carboxylic acids is 1. The van der Waals surface area contributed by atoms with Crippen LogP contribution in [0.1, 0.15) is 29.8 Å². The lowest BCUT2D eigenvalue weighted by Crippen LogP contribution is -2.30. The van der Waals surface area contributed by atoms with Gasteiger partial charge in [-0.25, -0.2) is 0 Å². The molecule has 3 heteroatoms. The summed E-state index contributed by atoms with van der Waals surface area (Å²) in [6.07, 6.45) is 0. The summed E-state index contributed by atoms with van der Waals surface area (Å²) in [5.74, 6) is 0.544. The number of hydrogen-bond acceptors (Lipinski definition) is 2. The quantitative estimate of drug-likeness (QED) is 0.785. The molecule has 94 valence electrons. The Hall–Kier alpha value is -1.35. The van der Waals surface area contributed by atoms with Crippen molar-refractivity contribution in [1.82, 2.24) is 4.90 Å². The Kier molecular flexibility index (Phi) is 5.16. The molecule has 0 N–H and O–H groups in total. The molecule has 0 atom stereocenters. The van der Waals surface area contributed by atoms with E-state index in [1.54, 1.807) is 12.0 Å². The van der Waals surface area contributed by atoms with Crippen molar-refractivity contribution >= 4 is 5.91 Å². The van der Waals surface area contributed by atoms with Gasteiger partial charge in [0, 0.05) is 26.3 Å². The van der Waals surface area contributed by atoms with Gasteiger partial charge in [0.1, 0.15) is 0 Å². The molecule has 17 heavy (non-hydrogen) atoms. The Morgan fingerprint density at radius 1 is 1.41 bits per heavy atom. The number of benzene rings is 1. The van der Waals surface area contributed by atoms with Crippen molar-refractivity contribution in [3.05, 3.63) is 35.4 Å². The summed E-state index contributed by atoms with van der Waals surface area (Å²) in [5.41, 5.74) is 1.75. The molecule has 1 rings (SSSR count). The van der Waals surface area contributed by atoms with Crippen LogP contribution in [0.25, 0.3) is 0 Å². The van der Waals surface area contributed by atoms with E-state index < -0.39 is 0 Å². The van der Waals surface area contributed by atoms with Crippen molar-refractivity contribution in [3.8, 4) is 0 Å². The molecule has 0 aliphatic carbocycles. The zero-order chi connectivity index (χ0) is 12.8. The van der Waals surface area contributed by atoms with E-state index in [4.69, 9.17) is 4.74 Å². The fourth-order valence-corrected chi connectivity index (χ4v) is 1.81. The highest BCUT2D eigenvalue weighted by atomic mass is 16.5. The van der Waals surface area contributed by atoms with Crippen molar-refractivity contribution in [2.45, 2.75) is 20.5 Å². The van der Waals surface area contributed by atoms with Crippen molar-refractivity contribution in [1.29, 1.82) is 0 Å². The van der Waals surface area contributed by atoms with E-state index in [1.165, 1.54) is 0 Å². The highest BCUT2D eigenvalue weighted by molar-refractivity contribution is 5.94. The number of carbonyl (C=O) groups is 1. The summed E-state index contributed by atoms with van der Waals surface area (Å²) in [6.45, 7) is 5.51. The summed E-state index contributed by atoms with van der Waals surface area (Å²) in [5, 5.41) is 0. The van der Waals surface area contributed by atoms with Gasteiger partial charge in [-0.2, -0.15) is 0 Å². The van der Waals surface area contributed by atoms with Crippen LogP contribution in [0.4, 0.5) is 0 Å².